The molecule has 2 aromatic rings. The third-order valence-electron chi connectivity index (χ3n) is 5.89. The van der Waals surface area contributed by atoms with Gasteiger partial charge in [0.25, 0.3) is 0 Å². The standard InChI is InChI=1S/C22H28N4O2/c1-14(2)8-19-21(27)24-20(18-9-16-6-4-5-7-17(16)10-18)22(28)26(19)13-15-11-23-25(3)12-15/h4-7,11-12,14,18-20H,8-10,13H2,1-3H3,(H,24,27)/t19-,20-/m1/s1. The van der Waals surface area contributed by atoms with Gasteiger partial charge in [0, 0.05) is 25.4 Å². The molecule has 2 atom stereocenters. The van der Waals surface area contributed by atoms with Gasteiger partial charge in [0.2, 0.25) is 11.8 Å². The number of benzene rings is 1. The lowest BCUT2D eigenvalue weighted by atomic mass is 9.90. The molecule has 0 unspecified atom stereocenters. The minimum Gasteiger partial charge on any atom is -0.342 e. The van der Waals surface area contributed by atoms with E-state index in [-0.39, 0.29) is 17.7 Å². The Balaban J connectivity index is 1.58. The average Bonchev–Trinajstić information content (AvgIpc) is 3.26. The summed E-state index contributed by atoms with van der Waals surface area (Å²) in [7, 11) is 1.86. The first-order chi connectivity index (χ1) is 13.4. The monoisotopic (exact) mass is 380 g/mol. The van der Waals surface area contributed by atoms with Gasteiger partial charge >= 0.3 is 0 Å². The molecular weight excluding hydrogens is 352 g/mol. The van der Waals surface area contributed by atoms with Gasteiger partial charge in [-0.3, -0.25) is 14.3 Å². The van der Waals surface area contributed by atoms with Crippen molar-refractivity contribution in [1.29, 1.82) is 0 Å². The smallest absolute Gasteiger partial charge is 0.246 e. The summed E-state index contributed by atoms with van der Waals surface area (Å²) in [6.07, 6.45) is 6.01. The molecule has 1 N–H and O–H groups in total. The van der Waals surface area contributed by atoms with Crippen molar-refractivity contribution in [3.8, 4) is 0 Å². The number of aromatic nitrogens is 2. The van der Waals surface area contributed by atoms with Crippen LogP contribution >= 0.6 is 0 Å². The topological polar surface area (TPSA) is 67.2 Å². The predicted molar refractivity (Wildman–Crippen MR) is 106 cm³/mol. The fourth-order valence-electron chi connectivity index (χ4n) is 4.55. The summed E-state index contributed by atoms with van der Waals surface area (Å²) >= 11 is 0. The van der Waals surface area contributed by atoms with E-state index in [0.717, 1.165) is 18.4 Å². The summed E-state index contributed by atoms with van der Waals surface area (Å²) < 4.78 is 1.73. The van der Waals surface area contributed by atoms with Crippen molar-refractivity contribution >= 4 is 11.8 Å². The highest BCUT2D eigenvalue weighted by atomic mass is 16.2. The van der Waals surface area contributed by atoms with Crippen molar-refractivity contribution in [1.82, 2.24) is 20.0 Å². The molecule has 0 bridgehead atoms. The summed E-state index contributed by atoms with van der Waals surface area (Å²) in [5.74, 6) is 0.447. The van der Waals surface area contributed by atoms with Gasteiger partial charge in [0.05, 0.1) is 6.20 Å². The number of carbonyl (C=O) groups is 2. The SMILES string of the molecule is CC(C)C[C@@H]1C(=O)N[C@H](C2Cc3ccccc3C2)C(=O)N1Cc1cnn(C)c1. The molecule has 1 saturated heterocycles. The number of nitrogens with zero attached hydrogens (tertiary/aromatic N) is 3. The van der Waals surface area contributed by atoms with E-state index in [1.54, 1.807) is 15.8 Å². The van der Waals surface area contributed by atoms with E-state index in [9.17, 15) is 9.59 Å². The Hall–Kier alpha value is -2.63. The van der Waals surface area contributed by atoms with Crippen molar-refractivity contribution < 1.29 is 9.59 Å². The van der Waals surface area contributed by atoms with Gasteiger partial charge in [0.15, 0.2) is 0 Å². The molecule has 1 aliphatic heterocycles. The van der Waals surface area contributed by atoms with Gasteiger partial charge in [-0.2, -0.15) is 5.10 Å². The molecule has 0 spiro atoms. The number of hydrogen-bond acceptors (Lipinski definition) is 3. The van der Waals surface area contributed by atoms with Gasteiger partial charge in [0.1, 0.15) is 12.1 Å². The quantitative estimate of drug-likeness (QED) is 0.864. The molecule has 2 heterocycles. The zero-order valence-corrected chi connectivity index (χ0v) is 16.8. The summed E-state index contributed by atoms with van der Waals surface area (Å²) in [5.41, 5.74) is 3.53. The highest BCUT2D eigenvalue weighted by Crippen LogP contribution is 2.32. The Kier molecular flexibility index (Phi) is 4.96. The Morgan fingerprint density at radius 1 is 1.18 bits per heavy atom. The van der Waals surface area contributed by atoms with E-state index < -0.39 is 12.1 Å². The molecule has 1 aliphatic carbocycles. The first kappa shape index (κ1) is 18.7. The lowest BCUT2D eigenvalue weighted by Gasteiger charge is -2.41. The number of aryl methyl sites for hydroxylation is 1. The molecule has 0 radical (unpaired) electrons. The van der Waals surface area contributed by atoms with Crippen LogP contribution in [0.3, 0.4) is 0 Å². The first-order valence-corrected chi connectivity index (χ1v) is 10.1. The molecule has 1 fully saturated rings. The van der Waals surface area contributed by atoms with E-state index in [1.807, 2.05) is 25.4 Å². The van der Waals surface area contributed by atoms with Crippen molar-refractivity contribution in [2.24, 2.45) is 18.9 Å². The Morgan fingerprint density at radius 3 is 2.43 bits per heavy atom. The zero-order chi connectivity index (χ0) is 19.8. The third-order valence-corrected chi connectivity index (χ3v) is 5.89. The number of carbonyl (C=O) groups excluding carboxylic acids is 2. The van der Waals surface area contributed by atoms with E-state index >= 15 is 0 Å². The van der Waals surface area contributed by atoms with Crippen LogP contribution in [0.25, 0.3) is 0 Å². The largest absolute Gasteiger partial charge is 0.342 e. The minimum absolute atomic E-state index is 0.0295. The van der Waals surface area contributed by atoms with Gasteiger partial charge in [-0.15, -0.1) is 0 Å². The maximum atomic E-state index is 13.5. The van der Waals surface area contributed by atoms with Gasteiger partial charge in [-0.1, -0.05) is 38.1 Å². The number of amides is 2. The Labute approximate surface area is 165 Å². The maximum absolute atomic E-state index is 13.5. The maximum Gasteiger partial charge on any atom is 0.246 e. The summed E-state index contributed by atoms with van der Waals surface area (Å²) in [6, 6.07) is 7.44. The highest BCUT2D eigenvalue weighted by Gasteiger charge is 2.45. The second kappa shape index (κ2) is 7.41. The molecule has 28 heavy (non-hydrogen) atoms. The van der Waals surface area contributed by atoms with Gasteiger partial charge in [-0.05, 0) is 42.2 Å². The molecule has 1 aromatic carbocycles. The molecule has 0 saturated carbocycles. The van der Waals surface area contributed by atoms with Crippen LogP contribution in [0.15, 0.2) is 36.7 Å². The molecule has 148 valence electrons. The van der Waals surface area contributed by atoms with Crippen molar-refractivity contribution in [2.75, 3.05) is 0 Å². The Bertz CT molecular complexity index is 863. The fourth-order valence-corrected chi connectivity index (χ4v) is 4.55. The summed E-state index contributed by atoms with van der Waals surface area (Å²) in [5, 5.41) is 7.28. The number of nitrogens with one attached hydrogen (secondary N) is 1. The summed E-state index contributed by atoms with van der Waals surface area (Å²) in [6.45, 7) is 4.59. The molecule has 2 amide bonds. The normalized spacial score (nSPS) is 22.6. The second-order valence-electron chi connectivity index (χ2n) is 8.56. The van der Waals surface area contributed by atoms with E-state index in [2.05, 4.69) is 36.4 Å². The van der Waals surface area contributed by atoms with Crippen LogP contribution in [0.1, 0.15) is 37.0 Å². The first-order valence-electron chi connectivity index (χ1n) is 10.1. The van der Waals surface area contributed by atoms with E-state index in [0.29, 0.717) is 18.9 Å². The fraction of sp³-hybridized carbons (Fsp3) is 0.500. The van der Waals surface area contributed by atoms with Gasteiger partial charge < -0.3 is 10.2 Å². The lowest BCUT2D eigenvalue weighted by molar-refractivity contribution is -0.152. The van der Waals surface area contributed by atoms with Crippen molar-refractivity contribution in [3.05, 3.63) is 53.3 Å². The number of fused-ring (bicyclic) bond motifs is 1. The van der Waals surface area contributed by atoms with Crippen LogP contribution in [-0.2, 0) is 36.0 Å². The van der Waals surface area contributed by atoms with Crippen molar-refractivity contribution in [2.45, 2.75) is 51.7 Å². The molecule has 2 aliphatic rings. The van der Waals surface area contributed by atoms with Crippen LogP contribution in [-0.4, -0.2) is 38.6 Å². The summed E-state index contributed by atoms with van der Waals surface area (Å²) in [4.78, 5) is 28.3. The number of rotatable bonds is 5. The molecule has 6 nitrogen and oxygen atoms in total. The molecule has 6 heteroatoms. The molecule has 4 rings (SSSR count). The zero-order valence-electron chi connectivity index (χ0n) is 16.8. The average molecular weight is 380 g/mol. The van der Waals surface area contributed by atoms with E-state index in [4.69, 9.17) is 0 Å². The van der Waals surface area contributed by atoms with Gasteiger partial charge in [-0.25, -0.2) is 0 Å². The van der Waals surface area contributed by atoms with Crippen LogP contribution in [0.5, 0.6) is 0 Å². The predicted octanol–water partition coefficient (Wildman–Crippen LogP) is 2.08. The third kappa shape index (κ3) is 3.55. The van der Waals surface area contributed by atoms with Crippen LogP contribution < -0.4 is 5.32 Å². The number of piperazine rings is 1. The van der Waals surface area contributed by atoms with Crippen LogP contribution in [0.2, 0.25) is 0 Å². The highest BCUT2D eigenvalue weighted by molar-refractivity contribution is 5.97. The molecular formula is C22H28N4O2. The van der Waals surface area contributed by atoms with Crippen LogP contribution in [0.4, 0.5) is 0 Å². The minimum atomic E-state index is -0.458. The Morgan fingerprint density at radius 2 is 1.86 bits per heavy atom. The van der Waals surface area contributed by atoms with Crippen LogP contribution in [0, 0.1) is 11.8 Å². The molecule has 1 aromatic heterocycles. The lowest BCUT2D eigenvalue weighted by Crippen LogP contribution is -2.65. The van der Waals surface area contributed by atoms with E-state index in [1.165, 1.54) is 11.1 Å². The second-order valence-corrected chi connectivity index (χ2v) is 8.56. The van der Waals surface area contributed by atoms with Crippen molar-refractivity contribution in [3.63, 3.8) is 0 Å². The number of hydrogen-bond donors (Lipinski definition) is 1.